The normalized spacial score (nSPS) is 15.5. The fourth-order valence-electron chi connectivity index (χ4n) is 3.45. The Balaban J connectivity index is 1.44. The molecule has 134 valence electrons. The molecular weight excluding hydrogens is 328 g/mol. The molecule has 0 aromatic carbocycles. The van der Waals surface area contributed by atoms with E-state index in [9.17, 15) is 4.79 Å². The van der Waals surface area contributed by atoms with Gasteiger partial charge >= 0.3 is 0 Å². The molecule has 1 saturated heterocycles. The molecule has 4 heterocycles. The van der Waals surface area contributed by atoms with Gasteiger partial charge in [0.15, 0.2) is 5.65 Å². The number of aromatic nitrogens is 5. The van der Waals surface area contributed by atoms with Gasteiger partial charge in [0, 0.05) is 43.3 Å². The second-order valence-corrected chi connectivity index (χ2v) is 6.91. The van der Waals surface area contributed by atoms with Gasteiger partial charge in [-0.3, -0.25) is 14.3 Å². The zero-order chi connectivity index (χ0) is 18.1. The highest BCUT2D eigenvalue weighted by molar-refractivity contribution is 5.71. The van der Waals surface area contributed by atoms with Crippen molar-refractivity contribution in [3.63, 3.8) is 0 Å². The lowest BCUT2D eigenvalue weighted by Gasteiger charge is -2.33. The molecule has 0 amide bonds. The number of anilines is 1. The van der Waals surface area contributed by atoms with Gasteiger partial charge in [-0.25, -0.2) is 15.0 Å². The Bertz CT molecular complexity index is 991. The van der Waals surface area contributed by atoms with Crippen LogP contribution in [0.25, 0.3) is 11.2 Å². The summed E-state index contributed by atoms with van der Waals surface area (Å²) in [6.07, 6.45) is 7.08. The minimum atomic E-state index is 0.0784. The van der Waals surface area contributed by atoms with Crippen molar-refractivity contribution in [1.29, 1.82) is 0 Å². The van der Waals surface area contributed by atoms with E-state index >= 15 is 0 Å². The molecule has 1 fully saturated rings. The Morgan fingerprint density at radius 3 is 2.65 bits per heavy atom. The first-order chi connectivity index (χ1) is 12.6. The van der Waals surface area contributed by atoms with Crippen LogP contribution in [-0.2, 0) is 6.54 Å². The number of nitrogens with zero attached hydrogens (tertiary/aromatic N) is 6. The maximum Gasteiger partial charge on any atom is 0.256 e. The van der Waals surface area contributed by atoms with Gasteiger partial charge < -0.3 is 4.90 Å². The average molecular weight is 350 g/mol. The van der Waals surface area contributed by atoms with Crippen LogP contribution in [0.4, 0.5) is 5.82 Å². The lowest BCUT2D eigenvalue weighted by atomic mass is 9.96. The van der Waals surface area contributed by atoms with Gasteiger partial charge in [0.05, 0.1) is 6.33 Å². The van der Waals surface area contributed by atoms with E-state index < -0.39 is 0 Å². The summed E-state index contributed by atoms with van der Waals surface area (Å²) in [6, 6.07) is 3.98. The standard InChI is InChI=1S/C19H22N6O/c1-13-14(2)22-12-25(19(13)26)11-15-5-9-24(10-6-15)17-4-3-16-18(23-17)21-8-7-20-16/h3-4,7-8,12,15H,5-6,9-11H2,1-2H3. The lowest BCUT2D eigenvalue weighted by Crippen LogP contribution is -2.37. The highest BCUT2D eigenvalue weighted by Gasteiger charge is 2.21. The number of hydrogen-bond acceptors (Lipinski definition) is 6. The molecule has 26 heavy (non-hydrogen) atoms. The van der Waals surface area contributed by atoms with Crippen LogP contribution >= 0.6 is 0 Å². The second-order valence-electron chi connectivity index (χ2n) is 6.91. The van der Waals surface area contributed by atoms with Gasteiger partial charge in [-0.1, -0.05) is 0 Å². The molecule has 0 unspecified atom stereocenters. The first-order valence-corrected chi connectivity index (χ1v) is 8.97. The fourth-order valence-corrected chi connectivity index (χ4v) is 3.45. The van der Waals surface area contributed by atoms with Gasteiger partial charge in [0.1, 0.15) is 11.3 Å². The molecule has 0 atom stereocenters. The molecule has 0 N–H and O–H groups in total. The second kappa shape index (κ2) is 6.82. The van der Waals surface area contributed by atoms with Crippen molar-refractivity contribution in [2.75, 3.05) is 18.0 Å². The van der Waals surface area contributed by atoms with E-state index in [1.807, 2.05) is 26.0 Å². The topological polar surface area (TPSA) is 76.8 Å². The highest BCUT2D eigenvalue weighted by atomic mass is 16.1. The predicted octanol–water partition coefficient (Wildman–Crippen LogP) is 2.11. The van der Waals surface area contributed by atoms with Gasteiger partial charge in [0.25, 0.3) is 5.56 Å². The van der Waals surface area contributed by atoms with Crippen LogP contribution in [0.2, 0.25) is 0 Å². The summed E-state index contributed by atoms with van der Waals surface area (Å²) in [5.41, 5.74) is 3.13. The molecule has 7 nitrogen and oxygen atoms in total. The number of aryl methyl sites for hydroxylation is 1. The molecule has 4 rings (SSSR count). The number of pyridine rings is 1. The molecule has 1 aliphatic rings. The SMILES string of the molecule is Cc1ncn(CC2CCN(c3ccc4nccnc4n3)CC2)c(=O)c1C. The summed E-state index contributed by atoms with van der Waals surface area (Å²) in [6.45, 7) is 6.31. The van der Waals surface area contributed by atoms with Crippen molar-refractivity contribution >= 4 is 17.0 Å². The summed E-state index contributed by atoms with van der Waals surface area (Å²) in [5, 5.41) is 0. The van der Waals surface area contributed by atoms with E-state index in [0.717, 1.165) is 55.1 Å². The van der Waals surface area contributed by atoms with E-state index in [2.05, 4.69) is 24.8 Å². The largest absolute Gasteiger partial charge is 0.357 e. The minimum absolute atomic E-state index is 0.0784. The van der Waals surface area contributed by atoms with Crippen molar-refractivity contribution in [2.45, 2.75) is 33.2 Å². The Morgan fingerprint density at radius 1 is 1.08 bits per heavy atom. The Hall–Kier alpha value is -2.83. The molecule has 3 aromatic heterocycles. The smallest absolute Gasteiger partial charge is 0.256 e. The average Bonchev–Trinajstić information content (AvgIpc) is 2.68. The molecular formula is C19H22N6O. The summed E-state index contributed by atoms with van der Waals surface area (Å²) >= 11 is 0. The molecule has 1 aliphatic heterocycles. The molecule has 0 bridgehead atoms. The third kappa shape index (κ3) is 3.16. The first-order valence-electron chi connectivity index (χ1n) is 8.97. The number of fused-ring (bicyclic) bond motifs is 1. The number of piperidine rings is 1. The Morgan fingerprint density at radius 2 is 1.85 bits per heavy atom. The van der Waals surface area contributed by atoms with Crippen molar-refractivity contribution < 1.29 is 0 Å². The third-order valence-corrected chi connectivity index (χ3v) is 5.23. The predicted molar refractivity (Wildman–Crippen MR) is 100 cm³/mol. The van der Waals surface area contributed by atoms with E-state index in [1.165, 1.54) is 0 Å². The van der Waals surface area contributed by atoms with Crippen molar-refractivity contribution in [2.24, 2.45) is 5.92 Å². The summed E-state index contributed by atoms with van der Waals surface area (Å²) in [5.74, 6) is 1.43. The Labute approximate surface area is 151 Å². The van der Waals surface area contributed by atoms with E-state index in [0.29, 0.717) is 11.6 Å². The lowest BCUT2D eigenvalue weighted by molar-refractivity contribution is 0.349. The van der Waals surface area contributed by atoms with Crippen LogP contribution in [0.1, 0.15) is 24.1 Å². The maximum atomic E-state index is 12.4. The zero-order valence-electron chi connectivity index (χ0n) is 15.1. The molecule has 0 spiro atoms. The maximum absolute atomic E-state index is 12.4. The van der Waals surface area contributed by atoms with Crippen LogP contribution in [-0.4, -0.2) is 37.6 Å². The number of rotatable bonds is 3. The number of hydrogen-bond donors (Lipinski definition) is 0. The van der Waals surface area contributed by atoms with E-state index in [1.54, 1.807) is 23.3 Å². The Kier molecular flexibility index (Phi) is 4.36. The highest BCUT2D eigenvalue weighted by Crippen LogP contribution is 2.23. The van der Waals surface area contributed by atoms with Crippen LogP contribution < -0.4 is 10.5 Å². The minimum Gasteiger partial charge on any atom is -0.357 e. The van der Waals surface area contributed by atoms with Gasteiger partial charge in [-0.2, -0.15) is 0 Å². The third-order valence-electron chi connectivity index (χ3n) is 5.23. The monoisotopic (exact) mass is 350 g/mol. The first kappa shape index (κ1) is 16.6. The zero-order valence-corrected chi connectivity index (χ0v) is 15.1. The molecule has 0 saturated carbocycles. The molecule has 3 aromatic rings. The van der Waals surface area contributed by atoms with E-state index in [4.69, 9.17) is 0 Å². The quantitative estimate of drug-likeness (QED) is 0.720. The van der Waals surface area contributed by atoms with Gasteiger partial charge in [-0.15, -0.1) is 0 Å². The summed E-state index contributed by atoms with van der Waals surface area (Å²) in [4.78, 5) is 32.2. The fraction of sp³-hybridized carbons (Fsp3) is 0.421. The van der Waals surface area contributed by atoms with Crippen LogP contribution in [0.3, 0.4) is 0 Å². The molecule has 7 heteroatoms. The van der Waals surface area contributed by atoms with Crippen molar-refractivity contribution in [1.82, 2.24) is 24.5 Å². The molecule has 0 radical (unpaired) electrons. The molecule has 0 aliphatic carbocycles. The van der Waals surface area contributed by atoms with Crippen LogP contribution in [0.5, 0.6) is 0 Å². The van der Waals surface area contributed by atoms with Crippen LogP contribution in [0.15, 0.2) is 35.6 Å². The van der Waals surface area contributed by atoms with Crippen molar-refractivity contribution in [3.05, 3.63) is 52.5 Å². The summed E-state index contributed by atoms with van der Waals surface area (Å²) in [7, 11) is 0. The van der Waals surface area contributed by atoms with Gasteiger partial charge in [-0.05, 0) is 44.7 Å². The van der Waals surface area contributed by atoms with Gasteiger partial charge in [0.2, 0.25) is 0 Å². The van der Waals surface area contributed by atoms with E-state index in [-0.39, 0.29) is 5.56 Å². The van der Waals surface area contributed by atoms with Crippen molar-refractivity contribution in [3.8, 4) is 0 Å². The van der Waals surface area contributed by atoms with Crippen LogP contribution in [0, 0.1) is 19.8 Å². The summed E-state index contributed by atoms with van der Waals surface area (Å²) < 4.78 is 1.76.